The van der Waals surface area contributed by atoms with Gasteiger partial charge < -0.3 is 20.1 Å². The van der Waals surface area contributed by atoms with Crippen molar-refractivity contribution in [3.63, 3.8) is 0 Å². The molecule has 1 saturated heterocycles. The Kier molecular flexibility index (Phi) is 8.62. The van der Waals surface area contributed by atoms with Crippen molar-refractivity contribution in [2.24, 2.45) is 0 Å². The predicted molar refractivity (Wildman–Crippen MR) is 119 cm³/mol. The molecule has 2 aromatic rings. The molecule has 0 spiro atoms. The highest BCUT2D eigenvalue weighted by atomic mass is 16.5. The molecule has 0 aliphatic carbocycles. The lowest BCUT2D eigenvalue weighted by molar-refractivity contribution is -0.140. The second-order valence-electron chi connectivity index (χ2n) is 7.78. The van der Waals surface area contributed by atoms with Crippen molar-refractivity contribution < 1.29 is 24.2 Å². The van der Waals surface area contributed by atoms with Gasteiger partial charge in [-0.2, -0.15) is 0 Å². The normalized spacial score (nSPS) is 15.1. The van der Waals surface area contributed by atoms with E-state index in [1.54, 1.807) is 17.0 Å². The molecule has 1 aliphatic heterocycles. The monoisotopic (exact) mass is 439 g/mol. The highest BCUT2D eigenvalue weighted by Gasteiger charge is 2.25. The molecule has 0 aromatic heterocycles. The summed E-state index contributed by atoms with van der Waals surface area (Å²) >= 11 is 0. The number of carboxylic acids is 1. The first-order valence-electron chi connectivity index (χ1n) is 10.8. The van der Waals surface area contributed by atoms with Crippen molar-refractivity contribution in [1.82, 2.24) is 15.1 Å². The van der Waals surface area contributed by atoms with Crippen LogP contribution < -0.4 is 5.32 Å². The number of nitrogens with one attached hydrogen (secondary N) is 1. The van der Waals surface area contributed by atoms with Crippen molar-refractivity contribution >= 4 is 18.0 Å². The largest absolute Gasteiger partial charge is 0.480 e. The van der Waals surface area contributed by atoms with Crippen molar-refractivity contribution in [3.05, 3.63) is 71.8 Å². The summed E-state index contributed by atoms with van der Waals surface area (Å²) in [6.45, 7) is 3.65. The maximum absolute atomic E-state index is 12.6. The minimum Gasteiger partial charge on any atom is -0.480 e. The number of ether oxygens (including phenoxy) is 1. The Morgan fingerprint density at radius 2 is 1.50 bits per heavy atom. The van der Waals surface area contributed by atoms with Crippen molar-refractivity contribution in [3.8, 4) is 0 Å². The number of aliphatic carboxylic acids is 1. The van der Waals surface area contributed by atoms with E-state index >= 15 is 0 Å². The molecule has 0 radical (unpaired) electrons. The van der Waals surface area contributed by atoms with Crippen LogP contribution in [0.2, 0.25) is 0 Å². The molecule has 3 rings (SSSR count). The maximum atomic E-state index is 12.6. The zero-order valence-corrected chi connectivity index (χ0v) is 18.0. The molecule has 1 fully saturated rings. The molecule has 170 valence electrons. The Morgan fingerprint density at radius 1 is 0.906 bits per heavy atom. The Balaban J connectivity index is 1.39. The molecule has 0 bridgehead atoms. The number of rotatable bonds is 9. The fourth-order valence-electron chi connectivity index (χ4n) is 3.59. The average Bonchev–Trinajstić information content (AvgIpc) is 2.82. The summed E-state index contributed by atoms with van der Waals surface area (Å²) in [4.78, 5) is 40.1. The molecular formula is C24H29N3O5. The quantitative estimate of drug-likeness (QED) is 0.623. The van der Waals surface area contributed by atoms with Crippen LogP contribution >= 0.6 is 0 Å². The number of nitrogens with zero attached hydrogens (tertiary/aromatic N) is 2. The third kappa shape index (κ3) is 7.39. The molecule has 0 saturated carbocycles. The lowest BCUT2D eigenvalue weighted by Crippen LogP contribution is -2.49. The number of hydrogen-bond donors (Lipinski definition) is 2. The van der Waals surface area contributed by atoms with Crippen LogP contribution in [-0.4, -0.2) is 65.1 Å². The summed E-state index contributed by atoms with van der Waals surface area (Å²) in [5, 5.41) is 11.7. The molecule has 1 heterocycles. The van der Waals surface area contributed by atoms with Crippen LogP contribution in [0, 0.1) is 0 Å². The molecular weight excluding hydrogens is 410 g/mol. The molecule has 0 unspecified atom stereocenters. The fraction of sp³-hybridized carbons (Fsp3) is 0.375. The number of carbonyl (C=O) groups excluding carboxylic acids is 2. The van der Waals surface area contributed by atoms with Crippen LogP contribution in [0.5, 0.6) is 0 Å². The number of hydrogen-bond acceptors (Lipinski definition) is 5. The van der Waals surface area contributed by atoms with Crippen molar-refractivity contribution in [1.29, 1.82) is 0 Å². The first kappa shape index (κ1) is 23.3. The van der Waals surface area contributed by atoms with Gasteiger partial charge in [0.15, 0.2) is 0 Å². The highest BCUT2D eigenvalue weighted by molar-refractivity contribution is 5.81. The van der Waals surface area contributed by atoms with Gasteiger partial charge in [0, 0.05) is 39.1 Å². The number of piperazine rings is 1. The van der Waals surface area contributed by atoms with E-state index in [4.69, 9.17) is 4.74 Å². The molecule has 2 amide bonds. The lowest BCUT2D eigenvalue weighted by Gasteiger charge is -2.35. The van der Waals surface area contributed by atoms with E-state index in [2.05, 4.69) is 22.3 Å². The van der Waals surface area contributed by atoms with Gasteiger partial charge in [0.25, 0.3) is 0 Å². The van der Waals surface area contributed by atoms with Gasteiger partial charge in [-0.05, 0) is 17.5 Å². The third-order valence-electron chi connectivity index (χ3n) is 5.42. The summed E-state index contributed by atoms with van der Waals surface area (Å²) in [7, 11) is 0. The number of benzene rings is 2. The zero-order valence-electron chi connectivity index (χ0n) is 18.0. The van der Waals surface area contributed by atoms with Crippen LogP contribution in [0.4, 0.5) is 4.79 Å². The standard InChI is InChI=1S/C24H29N3O5/c28-22(27-15-13-26(14-16-27)17-19-7-3-1-4-8-19)12-11-21(23(29)30)25-24(31)32-18-20-9-5-2-6-10-20/h1-10,21H,11-18H2,(H,25,31)(H,29,30)/t21-/m0/s1. The molecule has 32 heavy (non-hydrogen) atoms. The van der Waals surface area contributed by atoms with E-state index in [0.717, 1.165) is 25.2 Å². The molecule has 2 aromatic carbocycles. The van der Waals surface area contributed by atoms with E-state index in [-0.39, 0.29) is 25.4 Å². The third-order valence-corrected chi connectivity index (χ3v) is 5.42. The Morgan fingerprint density at radius 3 is 2.09 bits per heavy atom. The van der Waals surface area contributed by atoms with Crippen molar-refractivity contribution in [2.45, 2.75) is 32.0 Å². The van der Waals surface area contributed by atoms with Gasteiger partial charge in [-0.15, -0.1) is 0 Å². The summed E-state index contributed by atoms with van der Waals surface area (Å²) in [5.74, 6) is -1.29. The minimum absolute atomic E-state index is 0.0127. The van der Waals surface area contributed by atoms with Gasteiger partial charge in [0.2, 0.25) is 5.91 Å². The molecule has 8 heteroatoms. The van der Waals surface area contributed by atoms with Crippen LogP contribution in [-0.2, 0) is 27.5 Å². The van der Waals surface area contributed by atoms with Gasteiger partial charge in [0.1, 0.15) is 12.6 Å². The van der Waals surface area contributed by atoms with Gasteiger partial charge in [0.05, 0.1) is 0 Å². The fourth-order valence-corrected chi connectivity index (χ4v) is 3.59. The lowest BCUT2D eigenvalue weighted by atomic mass is 10.1. The second kappa shape index (κ2) is 11.9. The molecule has 1 atom stereocenters. The van der Waals surface area contributed by atoms with E-state index in [1.807, 2.05) is 36.4 Å². The Hall–Kier alpha value is -3.39. The second-order valence-corrected chi connectivity index (χ2v) is 7.78. The number of amides is 2. The average molecular weight is 440 g/mol. The van der Waals surface area contributed by atoms with E-state index < -0.39 is 18.1 Å². The number of carbonyl (C=O) groups is 3. The summed E-state index contributed by atoms with van der Waals surface area (Å²) in [5.41, 5.74) is 2.04. The number of carboxylic acid groups (broad SMARTS) is 1. The van der Waals surface area contributed by atoms with Gasteiger partial charge in [-0.25, -0.2) is 9.59 Å². The van der Waals surface area contributed by atoms with Gasteiger partial charge in [-0.1, -0.05) is 60.7 Å². The predicted octanol–water partition coefficient (Wildman–Crippen LogP) is 2.49. The maximum Gasteiger partial charge on any atom is 0.408 e. The van der Waals surface area contributed by atoms with E-state index in [9.17, 15) is 19.5 Å². The van der Waals surface area contributed by atoms with Crippen LogP contribution in [0.25, 0.3) is 0 Å². The first-order chi connectivity index (χ1) is 15.5. The summed E-state index contributed by atoms with van der Waals surface area (Å²) in [6, 6.07) is 18.1. The Labute approximate surface area is 187 Å². The highest BCUT2D eigenvalue weighted by Crippen LogP contribution is 2.11. The Bertz CT molecular complexity index is 883. The van der Waals surface area contributed by atoms with Crippen molar-refractivity contribution in [2.75, 3.05) is 26.2 Å². The van der Waals surface area contributed by atoms with Crippen LogP contribution in [0.3, 0.4) is 0 Å². The SMILES string of the molecule is O=C(N[C@@H](CCC(=O)N1CCN(Cc2ccccc2)CC1)C(=O)O)OCc1ccccc1. The van der Waals surface area contributed by atoms with E-state index in [0.29, 0.717) is 13.1 Å². The zero-order chi connectivity index (χ0) is 22.8. The summed E-state index contributed by atoms with van der Waals surface area (Å²) < 4.78 is 5.08. The topological polar surface area (TPSA) is 99.2 Å². The van der Waals surface area contributed by atoms with Crippen LogP contribution in [0.15, 0.2) is 60.7 Å². The molecule has 8 nitrogen and oxygen atoms in total. The van der Waals surface area contributed by atoms with E-state index in [1.165, 1.54) is 5.56 Å². The first-order valence-corrected chi connectivity index (χ1v) is 10.8. The molecule has 1 aliphatic rings. The van der Waals surface area contributed by atoms with Gasteiger partial charge >= 0.3 is 12.1 Å². The van der Waals surface area contributed by atoms with Gasteiger partial charge in [-0.3, -0.25) is 9.69 Å². The minimum atomic E-state index is -1.19. The molecule has 2 N–H and O–H groups in total. The summed E-state index contributed by atoms with van der Waals surface area (Å²) in [6.07, 6.45) is -0.754. The smallest absolute Gasteiger partial charge is 0.408 e. The number of alkyl carbamates (subject to hydrolysis) is 1. The van der Waals surface area contributed by atoms with Crippen LogP contribution in [0.1, 0.15) is 24.0 Å².